The Labute approximate surface area is 276 Å². The molecule has 1 amide bonds. The lowest BCUT2D eigenvalue weighted by Gasteiger charge is -2.22. The van der Waals surface area contributed by atoms with E-state index in [9.17, 15) is 14.4 Å². The number of alkyl carbamates (subject to hydrolysis) is 1. The number of allylic oxidation sites excluding steroid dienone is 2. The highest BCUT2D eigenvalue weighted by Crippen LogP contribution is 2.09. The van der Waals surface area contributed by atoms with E-state index in [0.717, 1.165) is 83.8 Å². The highest BCUT2D eigenvalue weighted by molar-refractivity contribution is 5.69. The molecule has 0 aromatic carbocycles. The van der Waals surface area contributed by atoms with Crippen molar-refractivity contribution in [1.29, 1.82) is 0 Å². The van der Waals surface area contributed by atoms with Crippen molar-refractivity contribution in [2.24, 2.45) is 0 Å². The topological polar surface area (TPSA) is 94.2 Å². The Hall–Kier alpha value is -2.35. The summed E-state index contributed by atoms with van der Waals surface area (Å²) in [5.74, 6) is -0.251. The van der Waals surface area contributed by atoms with Crippen LogP contribution in [0.3, 0.4) is 0 Å². The molecule has 0 heterocycles. The van der Waals surface area contributed by atoms with Crippen molar-refractivity contribution in [1.82, 2.24) is 10.2 Å². The lowest BCUT2D eigenvalue weighted by atomic mass is 10.2. The van der Waals surface area contributed by atoms with Gasteiger partial charge in [0.1, 0.15) is 5.60 Å². The van der Waals surface area contributed by atoms with Gasteiger partial charge in [-0.1, -0.05) is 63.8 Å². The van der Waals surface area contributed by atoms with Crippen LogP contribution >= 0.6 is 0 Å². The number of amides is 1. The van der Waals surface area contributed by atoms with Crippen LogP contribution in [-0.4, -0.2) is 67.9 Å². The van der Waals surface area contributed by atoms with Gasteiger partial charge < -0.3 is 24.4 Å². The first-order chi connectivity index (χ1) is 21.7. The molecule has 0 aliphatic rings. The van der Waals surface area contributed by atoms with Crippen molar-refractivity contribution in [3.05, 3.63) is 24.3 Å². The highest BCUT2D eigenvalue weighted by Gasteiger charge is 2.15. The number of carbonyl (C=O) groups excluding carboxylic acids is 3. The molecule has 0 bridgehead atoms. The quantitative estimate of drug-likeness (QED) is 0.0379. The van der Waals surface area contributed by atoms with E-state index in [1.807, 2.05) is 20.8 Å². The van der Waals surface area contributed by atoms with E-state index in [1.165, 1.54) is 38.5 Å². The van der Waals surface area contributed by atoms with Crippen LogP contribution in [0.2, 0.25) is 0 Å². The molecule has 0 aromatic heterocycles. The summed E-state index contributed by atoms with van der Waals surface area (Å²) >= 11 is 0. The van der Waals surface area contributed by atoms with E-state index in [4.69, 9.17) is 14.2 Å². The molecule has 0 spiro atoms. The number of rotatable bonds is 29. The van der Waals surface area contributed by atoms with E-state index in [1.54, 1.807) is 0 Å². The van der Waals surface area contributed by atoms with E-state index in [0.29, 0.717) is 32.6 Å². The zero-order valence-corrected chi connectivity index (χ0v) is 29.7. The average Bonchev–Trinajstić information content (AvgIpc) is 2.98. The molecule has 0 aromatic rings. The second kappa shape index (κ2) is 30.3. The van der Waals surface area contributed by atoms with Crippen LogP contribution in [0, 0.1) is 0 Å². The predicted octanol–water partition coefficient (Wildman–Crippen LogP) is 9.07. The normalized spacial score (nSPS) is 11.9. The van der Waals surface area contributed by atoms with E-state index in [2.05, 4.69) is 48.4 Å². The Morgan fingerprint density at radius 1 is 0.600 bits per heavy atom. The van der Waals surface area contributed by atoms with Gasteiger partial charge in [-0.3, -0.25) is 9.59 Å². The van der Waals surface area contributed by atoms with Crippen LogP contribution in [0.5, 0.6) is 0 Å². The first-order valence-corrected chi connectivity index (χ1v) is 18.0. The minimum absolute atomic E-state index is 0.125. The van der Waals surface area contributed by atoms with Gasteiger partial charge in [0.15, 0.2) is 0 Å². The number of nitrogens with one attached hydrogen (secondary N) is 1. The van der Waals surface area contributed by atoms with Gasteiger partial charge in [-0.2, -0.15) is 0 Å². The van der Waals surface area contributed by atoms with E-state index >= 15 is 0 Å². The smallest absolute Gasteiger partial charge is 0.407 e. The van der Waals surface area contributed by atoms with Crippen LogP contribution in [0.4, 0.5) is 4.79 Å². The number of esters is 2. The standard InChI is InChI=1S/C37H68N2O6/c1-6-8-10-12-14-16-24-32-43-34(40)26-18-21-29-39(31-23-20-28-38-36(42)45-37(3,4)5)30-22-19-27-35(41)44-33-25-17-15-13-11-9-7-2/h14-17H,6-13,18-33H2,1-5H3,(H,38,42)/b16-14-,17-15-. The first kappa shape index (κ1) is 42.6. The minimum atomic E-state index is -0.504. The van der Waals surface area contributed by atoms with Crippen molar-refractivity contribution in [2.45, 2.75) is 156 Å². The maximum absolute atomic E-state index is 12.1. The summed E-state index contributed by atoms with van der Waals surface area (Å²) in [5.41, 5.74) is -0.504. The SMILES string of the molecule is CCCCC/C=C\CCOC(=O)CCCCN(CCCCNC(=O)OC(C)(C)C)CCCCC(=O)OCC/C=C\CCCCC. The lowest BCUT2D eigenvalue weighted by Crippen LogP contribution is -2.33. The van der Waals surface area contributed by atoms with Crippen molar-refractivity contribution in [3.63, 3.8) is 0 Å². The summed E-state index contributed by atoms with van der Waals surface area (Å²) in [6, 6.07) is 0. The molecule has 8 nitrogen and oxygen atoms in total. The third-order valence-corrected chi connectivity index (χ3v) is 7.16. The molecule has 0 aliphatic heterocycles. The molecule has 1 N–H and O–H groups in total. The summed E-state index contributed by atoms with van der Waals surface area (Å²) in [4.78, 5) is 38.6. The van der Waals surface area contributed by atoms with Crippen LogP contribution in [0.25, 0.3) is 0 Å². The Morgan fingerprint density at radius 2 is 1.04 bits per heavy atom. The summed E-state index contributed by atoms with van der Waals surface area (Å²) in [6.07, 6.45) is 25.4. The molecule has 0 unspecified atom stereocenters. The molecule has 0 aliphatic carbocycles. The van der Waals surface area contributed by atoms with Crippen molar-refractivity contribution >= 4 is 18.0 Å². The van der Waals surface area contributed by atoms with Gasteiger partial charge >= 0.3 is 18.0 Å². The molecule has 0 radical (unpaired) electrons. The fourth-order valence-corrected chi connectivity index (χ4v) is 4.63. The molecule has 45 heavy (non-hydrogen) atoms. The number of carbonyl (C=O) groups is 3. The summed E-state index contributed by atoms with van der Waals surface area (Å²) in [6.45, 7) is 14.1. The van der Waals surface area contributed by atoms with Gasteiger partial charge in [0.2, 0.25) is 0 Å². The Morgan fingerprint density at radius 3 is 1.49 bits per heavy atom. The maximum atomic E-state index is 12.1. The maximum Gasteiger partial charge on any atom is 0.407 e. The van der Waals surface area contributed by atoms with Crippen LogP contribution in [0.15, 0.2) is 24.3 Å². The number of unbranched alkanes of at least 4 members (excludes halogenated alkanes) is 9. The molecule has 0 fully saturated rings. The number of nitrogens with zero attached hydrogens (tertiary/aromatic N) is 1. The zero-order valence-electron chi connectivity index (χ0n) is 29.7. The highest BCUT2D eigenvalue weighted by atomic mass is 16.6. The second-order valence-corrected chi connectivity index (χ2v) is 12.8. The van der Waals surface area contributed by atoms with Gasteiger partial charge in [-0.25, -0.2) is 4.79 Å². The lowest BCUT2D eigenvalue weighted by molar-refractivity contribution is -0.144. The van der Waals surface area contributed by atoms with Crippen molar-refractivity contribution in [2.75, 3.05) is 39.4 Å². The molecular formula is C37H68N2O6. The van der Waals surface area contributed by atoms with E-state index in [-0.39, 0.29) is 18.0 Å². The monoisotopic (exact) mass is 637 g/mol. The minimum Gasteiger partial charge on any atom is -0.465 e. The summed E-state index contributed by atoms with van der Waals surface area (Å²) in [5, 5.41) is 2.82. The Balaban J connectivity index is 4.32. The fraction of sp³-hybridized carbons (Fsp3) is 0.811. The van der Waals surface area contributed by atoms with E-state index < -0.39 is 5.60 Å². The molecule has 0 saturated carbocycles. The number of hydrogen-bond acceptors (Lipinski definition) is 7. The Kier molecular flexibility index (Phi) is 28.7. The van der Waals surface area contributed by atoms with Gasteiger partial charge in [0, 0.05) is 19.4 Å². The van der Waals surface area contributed by atoms with Crippen molar-refractivity contribution in [3.8, 4) is 0 Å². The predicted molar refractivity (Wildman–Crippen MR) is 185 cm³/mol. The fourth-order valence-electron chi connectivity index (χ4n) is 4.63. The largest absolute Gasteiger partial charge is 0.465 e. The third-order valence-electron chi connectivity index (χ3n) is 7.16. The van der Waals surface area contributed by atoms with Gasteiger partial charge in [0.05, 0.1) is 13.2 Å². The molecular weight excluding hydrogens is 568 g/mol. The van der Waals surface area contributed by atoms with Crippen LogP contribution in [-0.2, 0) is 23.8 Å². The third kappa shape index (κ3) is 32.8. The molecule has 0 saturated heterocycles. The Bertz CT molecular complexity index is 744. The van der Waals surface area contributed by atoms with Gasteiger partial charge in [-0.05, 0) is 117 Å². The number of hydrogen-bond donors (Lipinski definition) is 1. The summed E-state index contributed by atoms with van der Waals surface area (Å²) in [7, 11) is 0. The molecule has 0 rings (SSSR count). The molecule has 8 heteroatoms. The van der Waals surface area contributed by atoms with Crippen LogP contribution < -0.4 is 5.32 Å². The molecule has 262 valence electrons. The first-order valence-electron chi connectivity index (χ1n) is 18.0. The van der Waals surface area contributed by atoms with Gasteiger partial charge in [0.25, 0.3) is 0 Å². The summed E-state index contributed by atoms with van der Waals surface area (Å²) < 4.78 is 16.1. The van der Waals surface area contributed by atoms with Gasteiger partial charge in [-0.15, -0.1) is 0 Å². The average molecular weight is 637 g/mol. The second-order valence-electron chi connectivity index (χ2n) is 12.8. The molecule has 0 atom stereocenters. The zero-order chi connectivity index (χ0) is 33.4. The number of ether oxygens (including phenoxy) is 3. The van der Waals surface area contributed by atoms with Crippen molar-refractivity contribution < 1.29 is 28.6 Å². The van der Waals surface area contributed by atoms with Crippen LogP contribution in [0.1, 0.15) is 150 Å².